The molecule has 3 nitrogen and oxygen atoms in total. The molecule has 0 fully saturated rings. The predicted octanol–water partition coefficient (Wildman–Crippen LogP) is 4.07. The van der Waals surface area contributed by atoms with E-state index in [1.165, 1.54) is 7.11 Å². The summed E-state index contributed by atoms with van der Waals surface area (Å²) >= 11 is 18.2. The fourth-order valence-corrected chi connectivity index (χ4v) is 2.14. The molecule has 0 aromatic heterocycles. The van der Waals surface area contributed by atoms with Crippen LogP contribution in [0.25, 0.3) is 0 Å². The highest BCUT2D eigenvalue weighted by atomic mass is 79.9. The van der Waals surface area contributed by atoms with E-state index in [1.54, 1.807) is 12.1 Å². The van der Waals surface area contributed by atoms with Gasteiger partial charge in [0, 0.05) is 10.5 Å². The molecule has 1 unspecified atom stereocenters. The highest BCUT2D eigenvalue weighted by Crippen LogP contribution is 2.34. The summed E-state index contributed by atoms with van der Waals surface area (Å²) in [5.41, 5.74) is 0. The minimum atomic E-state index is -0.550. The quantitative estimate of drug-likeness (QED) is 0.429. The van der Waals surface area contributed by atoms with Crippen molar-refractivity contribution in [3.63, 3.8) is 0 Å². The van der Waals surface area contributed by atoms with E-state index in [9.17, 15) is 4.79 Å². The van der Waals surface area contributed by atoms with Gasteiger partial charge in [0.05, 0.1) is 17.2 Å². The van der Waals surface area contributed by atoms with Gasteiger partial charge in [-0.1, -0.05) is 39.1 Å². The number of alkyl halides is 1. The second-order valence-electron chi connectivity index (χ2n) is 3.00. The molecule has 0 radical (unpaired) electrons. The molecule has 0 N–H and O–H groups in total. The molecule has 1 rings (SSSR count). The summed E-state index contributed by atoms with van der Waals surface area (Å²) in [7, 11) is 1.31. The first kappa shape index (κ1) is 15.1. The normalized spacial score (nSPS) is 12.1. The second-order valence-corrected chi connectivity index (χ2v) is 5.77. The number of ether oxygens (including phenoxy) is 2. The van der Waals surface area contributed by atoms with Crippen molar-refractivity contribution >= 4 is 61.0 Å². The topological polar surface area (TPSA) is 35.5 Å². The number of hydrogen-bond donors (Lipinski definition) is 0. The minimum absolute atomic E-state index is 0.102. The molecular formula is C10H8Br2Cl2O3. The van der Waals surface area contributed by atoms with Crippen LogP contribution in [0.3, 0.4) is 0 Å². The second kappa shape index (κ2) is 6.83. The van der Waals surface area contributed by atoms with Crippen molar-refractivity contribution in [2.24, 2.45) is 0 Å². The third-order valence-corrected chi connectivity index (χ3v) is 3.95. The Bertz CT molecular complexity index is 426. The van der Waals surface area contributed by atoms with Crippen molar-refractivity contribution in [3.05, 3.63) is 26.7 Å². The molecule has 1 aromatic carbocycles. The number of benzene rings is 1. The molecule has 1 aromatic rings. The summed E-state index contributed by atoms with van der Waals surface area (Å²) in [6, 6.07) is 3.20. The van der Waals surface area contributed by atoms with Crippen LogP contribution in [-0.4, -0.2) is 24.5 Å². The maximum atomic E-state index is 11.1. The summed E-state index contributed by atoms with van der Waals surface area (Å²) in [5, 5.41) is 0.888. The monoisotopic (exact) mass is 404 g/mol. The molecule has 7 heteroatoms. The van der Waals surface area contributed by atoms with E-state index >= 15 is 0 Å². The molecule has 1 atom stereocenters. The van der Waals surface area contributed by atoms with Crippen LogP contribution in [0.4, 0.5) is 0 Å². The van der Waals surface area contributed by atoms with Gasteiger partial charge >= 0.3 is 5.97 Å². The van der Waals surface area contributed by atoms with E-state index in [-0.39, 0.29) is 6.61 Å². The first-order valence-corrected chi connectivity index (χ1v) is 6.91. The lowest BCUT2D eigenvalue weighted by Gasteiger charge is -2.12. The highest BCUT2D eigenvalue weighted by Gasteiger charge is 2.17. The van der Waals surface area contributed by atoms with Gasteiger partial charge in [0.2, 0.25) is 0 Å². The van der Waals surface area contributed by atoms with Gasteiger partial charge in [-0.3, -0.25) is 4.79 Å². The Morgan fingerprint density at radius 2 is 2.06 bits per heavy atom. The summed E-state index contributed by atoms with van der Waals surface area (Å²) in [6.07, 6.45) is 0. The van der Waals surface area contributed by atoms with Gasteiger partial charge in [-0.2, -0.15) is 0 Å². The Morgan fingerprint density at radius 3 is 2.65 bits per heavy atom. The standard InChI is InChI=1S/C10H8Br2Cl2O3/c1-16-10(15)6(12)4-17-9-3-7(13)5(11)2-8(9)14/h2-3,6H,4H2,1H3. The zero-order valence-corrected chi connectivity index (χ0v) is 13.4. The summed E-state index contributed by atoms with van der Waals surface area (Å²) < 4.78 is 10.6. The Morgan fingerprint density at radius 1 is 1.41 bits per heavy atom. The third-order valence-electron chi connectivity index (χ3n) is 1.82. The number of carbonyl (C=O) groups is 1. The molecule has 0 heterocycles. The Balaban J connectivity index is 2.70. The summed E-state index contributed by atoms with van der Waals surface area (Å²) in [5.74, 6) is -0.00227. The van der Waals surface area contributed by atoms with Crippen LogP contribution in [0.15, 0.2) is 16.6 Å². The summed E-state index contributed by atoms with van der Waals surface area (Å²) in [4.78, 5) is 10.6. The first-order chi connectivity index (χ1) is 7.95. The molecular weight excluding hydrogens is 399 g/mol. The number of carbonyl (C=O) groups excluding carboxylic acids is 1. The minimum Gasteiger partial charge on any atom is -0.490 e. The van der Waals surface area contributed by atoms with Crippen LogP contribution in [0.5, 0.6) is 5.75 Å². The fourth-order valence-electron chi connectivity index (χ4n) is 0.974. The predicted molar refractivity (Wildman–Crippen MR) is 74.4 cm³/mol. The average molecular weight is 407 g/mol. The Hall–Kier alpha value is 0.0300. The Labute approximate surface area is 126 Å². The molecule has 0 saturated heterocycles. The van der Waals surface area contributed by atoms with Crippen molar-refractivity contribution < 1.29 is 14.3 Å². The lowest BCUT2D eigenvalue weighted by molar-refractivity contribution is -0.140. The summed E-state index contributed by atoms with van der Waals surface area (Å²) in [6.45, 7) is 0.102. The molecule has 0 saturated carbocycles. The average Bonchev–Trinajstić information content (AvgIpc) is 2.30. The molecule has 94 valence electrons. The fraction of sp³-hybridized carbons (Fsp3) is 0.300. The lowest BCUT2D eigenvalue weighted by atomic mass is 10.3. The third kappa shape index (κ3) is 4.32. The molecule has 0 spiro atoms. The van der Waals surface area contributed by atoms with Gasteiger partial charge in [0.15, 0.2) is 0 Å². The lowest BCUT2D eigenvalue weighted by Crippen LogP contribution is -2.23. The van der Waals surface area contributed by atoms with Gasteiger partial charge in [-0.05, 0) is 22.0 Å². The molecule has 0 amide bonds. The first-order valence-electron chi connectivity index (χ1n) is 4.45. The maximum Gasteiger partial charge on any atom is 0.322 e. The van der Waals surface area contributed by atoms with Crippen LogP contribution in [0, 0.1) is 0 Å². The molecule has 0 aliphatic heterocycles. The zero-order chi connectivity index (χ0) is 13.0. The van der Waals surface area contributed by atoms with Crippen molar-refractivity contribution in [3.8, 4) is 5.75 Å². The van der Waals surface area contributed by atoms with Gasteiger partial charge in [0.25, 0.3) is 0 Å². The largest absolute Gasteiger partial charge is 0.490 e. The van der Waals surface area contributed by atoms with Gasteiger partial charge < -0.3 is 9.47 Å². The van der Waals surface area contributed by atoms with Crippen molar-refractivity contribution in [2.75, 3.05) is 13.7 Å². The number of halogens is 4. The molecule has 0 aliphatic carbocycles. The Kier molecular flexibility index (Phi) is 6.06. The molecule has 17 heavy (non-hydrogen) atoms. The van der Waals surface area contributed by atoms with Crippen LogP contribution in [0.1, 0.15) is 0 Å². The van der Waals surface area contributed by atoms with Crippen molar-refractivity contribution in [1.82, 2.24) is 0 Å². The smallest absolute Gasteiger partial charge is 0.322 e. The number of esters is 1. The van der Waals surface area contributed by atoms with Crippen LogP contribution < -0.4 is 4.74 Å². The van der Waals surface area contributed by atoms with Crippen molar-refractivity contribution in [1.29, 1.82) is 0 Å². The van der Waals surface area contributed by atoms with Crippen LogP contribution >= 0.6 is 55.1 Å². The van der Waals surface area contributed by atoms with E-state index in [4.69, 9.17) is 27.9 Å². The molecule has 0 bridgehead atoms. The SMILES string of the molecule is COC(=O)C(Br)COc1cc(Cl)c(Br)cc1Cl. The van der Waals surface area contributed by atoms with Crippen LogP contribution in [-0.2, 0) is 9.53 Å². The van der Waals surface area contributed by atoms with Gasteiger partial charge in [0.1, 0.15) is 17.2 Å². The number of rotatable bonds is 4. The van der Waals surface area contributed by atoms with E-state index in [1.807, 2.05) is 0 Å². The van der Waals surface area contributed by atoms with Crippen LogP contribution in [0.2, 0.25) is 10.0 Å². The van der Waals surface area contributed by atoms with Crippen molar-refractivity contribution in [2.45, 2.75) is 4.83 Å². The van der Waals surface area contributed by atoms with Gasteiger partial charge in [-0.15, -0.1) is 0 Å². The number of hydrogen-bond acceptors (Lipinski definition) is 3. The van der Waals surface area contributed by atoms with E-state index in [0.29, 0.717) is 20.3 Å². The molecule has 0 aliphatic rings. The van der Waals surface area contributed by atoms with Gasteiger partial charge in [-0.25, -0.2) is 0 Å². The zero-order valence-electron chi connectivity index (χ0n) is 8.68. The van der Waals surface area contributed by atoms with E-state index in [0.717, 1.165) is 0 Å². The van der Waals surface area contributed by atoms with E-state index < -0.39 is 10.8 Å². The number of methoxy groups -OCH3 is 1. The highest BCUT2D eigenvalue weighted by molar-refractivity contribution is 9.10. The van der Waals surface area contributed by atoms with E-state index in [2.05, 4.69) is 36.6 Å². The maximum absolute atomic E-state index is 11.1.